The highest BCUT2D eigenvalue weighted by atomic mass is 19.4. The largest absolute Gasteiger partial charge is 0.491 e. The van der Waals surface area contributed by atoms with Crippen LogP contribution in [0.25, 0.3) is 0 Å². The first kappa shape index (κ1) is 13.3. The number of para-hydroxylation sites is 1. The molecule has 0 fully saturated rings. The summed E-state index contributed by atoms with van der Waals surface area (Å²) in [7, 11) is 0. The third kappa shape index (κ3) is 3.40. The minimum atomic E-state index is -4.42. The number of hydrogen-bond donors (Lipinski definition) is 1. The SMILES string of the molecule is Nc1cnn(CCOc2ccccc2C(F)(F)F)c1. The fraction of sp³-hybridized carbons (Fsp3) is 0.250. The van der Waals surface area contributed by atoms with Crippen LogP contribution in [0.1, 0.15) is 5.56 Å². The number of ether oxygens (including phenoxy) is 1. The Bertz CT molecular complexity index is 551. The van der Waals surface area contributed by atoms with Gasteiger partial charge in [-0.2, -0.15) is 18.3 Å². The quantitative estimate of drug-likeness (QED) is 0.929. The van der Waals surface area contributed by atoms with Gasteiger partial charge >= 0.3 is 6.18 Å². The molecule has 1 aromatic heterocycles. The fourth-order valence-corrected chi connectivity index (χ4v) is 1.58. The second-order valence-electron chi connectivity index (χ2n) is 3.88. The predicted octanol–water partition coefficient (Wildman–Crippen LogP) is 2.56. The van der Waals surface area contributed by atoms with Crippen LogP contribution in [-0.4, -0.2) is 16.4 Å². The van der Waals surface area contributed by atoms with Gasteiger partial charge in [0.2, 0.25) is 0 Å². The Hall–Kier alpha value is -2.18. The lowest BCUT2D eigenvalue weighted by Gasteiger charge is -2.13. The van der Waals surface area contributed by atoms with Gasteiger partial charge in [0.15, 0.2) is 0 Å². The summed E-state index contributed by atoms with van der Waals surface area (Å²) in [5, 5.41) is 3.91. The van der Waals surface area contributed by atoms with Crippen molar-refractivity contribution in [2.24, 2.45) is 0 Å². The van der Waals surface area contributed by atoms with Crippen LogP contribution < -0.4 is 10.5 Å². The van der Waals surface area contributed by atoms with E-state index in [2.05, 4.69) is 5.10 Å². The molecule has 7 heteroatoms. The molecule has 0 saturated carbocycles. The molecule has 19 heavy (non-hydrogen) atoms. The molecule has 1 aromatic carbocycles. The van der Waals surface area contributed by atoms with E-state index in [1.807, 2.05) is 0 Å². The van der Waals surface area contributed by atoms with E-state index >= 15 is 0 Å². The first-order chi connectivity index (χ1) is 8.97. The molecular formula is C12H12F3N3O. The van der Waals surface area contributed by atoms with Gasteiger partial charge in [-0.1, -0.05) is 12.1 Å². The maximum atomic E-state index is 12.7. The van der Waals surface area contributed by atoms with Gasteiger partial charge in [-0.25, -0.2) is 0 Å². The number of rotatable bonds is 4. The molecule has 2 rings (SSSR count). The molecule has 1 heterocycles. The van der Waals surface area contributed by atoms with Crippen LogP contribution in [0.15, 0.2) is 36.7 Å². The molecule has 0 radical (unpaired) electrons. The molecule has 0 unspecified atom stereocenters. The lowest BCUT2D eigenvalue weighted by Crippen LogP contribution is -2.12. The van der Waals surface area contributed by atoms with Crippen molar-refractivity contribution in [1.82, 2.24) is 9.78 Å². The minimum absolute atomic E-state index is 0.0776. The number of nitrogens with zero attached hydrogens (tertiary/aromatic N) is 2. The molecule has 0 saturated heterocycles. The van der Waals surface area contributed by atoms with E-state index < -0.39 is 11.7 Å². The van der Waals surface area contributed by atoms with E-state index in [0.29, 0.717) is 12.2 Å². The monoisotopic (exact) mass is 271 g/mol. The lowest BCUT2D eigenvalue weighted by atomic mass is 10.2. The van der Waals surface area contributed by atoms with Crippen molar-refractivity contribution in [2.45, 2.75) is 12.7 Å². The molecule has 0 atom stereocenters. The molecule has 102 valence electrons. The maximum absolute atomic E-state index is 12.7. The number of nitrogen functional groups attached to an aromatic ring is 1. The Kier molecular flexibility index (Phi) is 3.64. The molecule has 0 aliphatic carbocycles. The van der Waals surface area contributed by atoms with Crippen molar-refractivity contribution in [3.63, 3.8) is 0 Å². The highest BCUT2D eigenvalue weighted by Gasteiger charge is 2.33. The van der Waals surface area contributed by atoms with Gasteiger partial charge in [0.1, 0.15) is 12.4 Å². The van der Waals surface area contributed by atoms with Crippen LogP contribution in [0.3, 0.4) is 0 Å². The summed E-state index contributed by atoms with van der Waals surface area (Å²) >= 11 is 0. The van der Waals surface area contributed by atoms with Crippen LogP contribution in [0.2, 0.25) is 0 Å². The molecule has 4 nitrogen and oxygen atoms in total. The fourth-order valence-electron chi connectivity index (χ4n) is 1.58. The Labute approximate surface area is 107 Å². The van der Waals surface area contributed by atoms with E-state index in [0.717, 1.165) is 6.07 Å². The minimum Gasteiger partial charge on any atom is -0.491 e. The zero-order valence-electron chi connectivity index (χ0n) is 9.89. The van der Waals surface area contributed by atoms with E-state index in [-0.39, 0.29) is 12.4 Å². The van der Waals surface area contributed by atoms with Crippen molar-refractivity contribution < 1.29 is 17.9 Å². The summed E-state index contributed by atoms with van der Waals surface area (Å²) in [5.41, 5.74) is 5.18. The van der Waals surface area contributed by atoms with Crippen LogP contribution in [-0.2, 0) is 12.7 Å². The summed E-state index contributed by atoms with van der Waals surface area (Å²) in [4.78, 5) is 0. The van der Waals surface area contributed by atoms with Crippen LogP contribution in [0, 0.1) is 0 Å². The summed E-state index contributed by atoms with van der Waals surface area (Å²) in [6.45, 7) is 0.400. The van der Waals surface area contributed by atoms with Crippen LogP contribution in [0.5, 0.6) is 5.75 Å². The first-order valence-corrected chi connectivity index (χ1v) is 5.54. The van der Waals surface area contributed by atoms with Crippen LogP contribution >= 0.6 is 0 Å². The molecule has 0 spiro atoms. The Morgan fingerprint density at radius 3 is 2.63 bits per heavy atom. The molecule has 0 bridgehead atoms. The van der Waals surface area contributed by atoms with Crippen molar-refractivity contribution in [1.29, 1.82) is 0 Å². The molecule has 0 amide bonds. The van der Waals surface area contributed by atoms with E-state index in [4.69, 9.17) is 10.5 Å². The molecule has 2 N–H and O–H groups in total. The Morgan fingerprint density at radius 2 is 2.00 bits per heavy atom. The first-order valence-electron chi connectivity index (χ1n) is 5.54. The van der Waals surface area contributed by atoms with E-state index in [9.17, 15) is 13.2 Å². The second kappa shape index (κ2) is 5.21. The number of aromatic nitrogens is 2. The normalized spacial score (nSPS) is 11.5. The number of hydrogen-bond acceptors (Lipinski definition) is 3. The molecule has 0 aliphatic heterocycles. The van der Waals surface area contributed by atoms with E-state index in [1.165, 1.54) is 29.1 Å². The second-order valence-corrected chi connectivity index (χ2v) is 3.88. The number of alkyl halides is 3. The van der Waals surface area contributed by atoms with Gasteiger partial charge in [0, 0.05) is 6.20 Å². The third-order valence-electron chi connectivity index (χ3n) is 2.42. The Morgan fingerprint density at radius 1 is 1.26 bits per heavy atom. The van der Waals surface area contributed by atoms with E-state index in [1.54, 1.807) is 6.20 Å². The Balaban J connectivity index is 2.00. The van der Waals surface area contributed by atoms with Gasteiger partial charge in [0.25, 0.3) is 0 Å². The maximum Gasteiger partial charge on any atom is 0.419 e. The van der Waals surface area contributed by atoms with Crippen molar-refractivity contribution in [3.05, 3.63) is 42.2 Å². The lowest BCUT2D eigenvalue weighted by molar-refractivity contribution is -0.139. The molecular weight excluding hydrogens is 259 g/mol. The molecule has 2 aromatic rings. The average molecular weight is 271 g/mol. The van der Waals surface area contributed by atoms with Gasteiger partial charge in [-0.15, -0.1) is 0 Å². The topological polar surface area (TPSA) is 53.1 Å². The summed E-state index contributed by atoms with van der Waals surface area (Å²) in [6.07, 6.45) is -1.38. The van der Waals surface area contributed by atoms with Crippen LogP contribution in [0.4, 0.5) is 18.9 Å². The number of benzene rings is 1. The van der Waals surface area contributed by atoms with Gasteiger partial charge in [-0.05, 0) is 12.1 Å². The highest BCUT2D eigenvalue weighted by Crippen LogP contribution is 2.35. The third-order valence-corrected chi connectivity index (χ3v) is 2.42. The standard InChI is InChI=1S/C12H12F3N3O/c13-12(14,15)10-3-1-2-4-11(10)19-6-5-18-8-9(16)7-17-18/h1-4,7-8H,5-6,16H2. The predicted molar refractivity (Wildman–Crippen MR) is 63.6 cm³/mol. The van der Waals surface area contributed by atoms with Gasteiger partial charge in [-0.3, -0.25) is 4.68 Å². The smallest absolute Gasteiger partial charge is 0.419 e. The highest BCUT2D eigenvalue weighted by molar-refractivity contribution is 5.35. The average Bonchev–Trinajstić information content (AvgIpc) is 2.74. The van der Waals surface area contributed by atoms with Crippen molar-refractivity contribution in [2.75, 3.05) is 12.3 Å². The number of halogens is 3. The van der Waals surface area contributed by atoms with Gasteiger partial charge in [0.05, 0.1) is 24.0 Å². The summed E-state index contributed by atoms with van der Waals surface area (Å²) in [5.74, 6) is -0.185. The zero-order chi connectivity index (χ0) is 13.9. The van der Waals surface area contributed by atoms with Gasteiger partial charge < -0.3 is 10.5 Å². The summed E-state index contributed by atoms with van der Waals surface area (Å²) < 4.78 is 44.7. The van der Waals surface area contributed by atoms with Crippen molar-refractivity contribution >= 4 is 5.69 Å². The zero-order valence-corrected chi connectivity index (χ0v) is 9.89. The van der Waals surface area contributed by atoms with Crippen molar-refractivity contribution in [3.8, 4) is 5.75 Å². The molecule has 0 aliphatic rings. The number of nitrogens with two attached hydrogens (primary N) is 1. The number of anilines is 1. The summed E-state index contributed by atoms with van der Waals surface area (Å²) in [6, 6.07) is 5.10.